The average Bonchev–Trinajstić information content (AvgIpc) is 2.88. The molecule has 0 radical (unpaired) electrons. The third-order valence-electron chi connectivity index (χ3n) is 2.37. The fourth-order valence-corrected chi connectivity index (χ4v) is 2.24. The summed E-state index contributed by atoms with van der Waals surface area (Å²) in [4.78, 5) is 1.17. The van der Waals surface area contributed by atoms with E-state index in [0.29, 0.717) is 0 Å². The molecule has 0 amide bonds. The molecule has 0 spiro atoms. The van der Waals surface area contributed by atoms with Crippen molar-refractivity contribution in [2.24, 2.45) is 7.05 Å². The summed E-state index contributed by atoms with van der Waals surface area (Å²) in [6.07, 6.45) is 6.69. The molecular formula is C10H15N5S. The molecule has 6 heteroatoms. The highest BCUT2D eigenvalue weighted by Crippen LogP contribution is 2.19. The van der Waals surface area contributed by atoms with E-state index in [0.717, 1.165) is 13.0 Å². The Morgan fingerprint density at radius 1 is 1.50 bits per heavy atom. The lowest BCUT2D eigenvalue weighted by Gasteiger charge is -2.13. The normalized spacial score (nSPS) is 12.9. The van der Waals surface area contributed by atoms with E-state index >= 15 is 0 Å². The monoisotopic (exact) mass is 237 g/mol. The lowest BCUT2D eigenvalue weighted by molar-refractivity contribution is 0.557. The first-order chi connectivity index (χ1) is 7.79. The van der Waals surface area contributed by atoms with Gasteiger partial charge in [-0.25, -0.2) is 0 Å². The number of likely N-dealkylation sites (N-methyl/N-ethyl adjacent to an activating group) is 1. The number of aryl methyl sites for hydroxylation is 1. The molecule has 1 unspecified atom stereocenters. The van der Waals surface area contributed by atoms with Crippen LogP contribution < -0.4 is 5.32 Å². The highest BCUT2D eigenvalue weighted by atomic mass is 32.1. The lowest BCUT2D eigenvalue weighted by atomic mass is 10.1. The largest absolute Gasteiger partial charge is 0.309 e. The van der Waals surface area contributed by atoms with Gasteiger partial charge in [-0.15, -0.1) is 5.10 Å². The molecule has 0 aliphatic carbocycles. The fourth-order valence-electron chi connectivity index (χ4n) is 1.66. The number of aromatic nitrogens is 4. The van der Waals surface area contributed by atoms with Crippen molar-refractivity contribution in [2.45, 2.75) is 19.4 Å². The first kappa shape index (κ1) is 11.2. The first-order valence-corrected chi connectivity index (χ1v) is 6.05. The summed E-state index contributed by atoms with van der Waals surface area (Å²) in [6.45, 7) is 3.04. The quantitative estimate of drug-likeness (QED) is 0.848. The number of hydrogen-bond donors (Lipinski definition) is 1. The third kappa shape index (κ3) is 2.65. The zero-order chi connectivity index (χ0) is 11.4. The Kier molecular flexibility index (Phi) is 3.63. The SMILES string of the molecule is CCNC(Cc1cnn(C)c1)c1cnns1. The van der Waals surface area contributed by atoms with Crippen molar-refractivity contribution in [1.29, 1.82) is 0 Å². The standard InChI is InChI=1S/C10H15N5S/c1-3-11-9(10-6-12-14-16-10)4-8-5-13-15(2)7-8/h5-7,9,11H,3-4H2,1-2H3. The molecule has 5 nitrogen and oxygen atoms in total. The van der Waals surface area contributed by atoms with Gasteiger partial charge in [0, 0.05) is 19.3 Å². The predicted octanol–water partition coefficient (Wildman–Crippen LogP) is 1.16. The van der Waals surface area contributed by atoms with Gasteiger partial charge in [-0.1, -0.05) is 11.4 Å². The van der Waals surface area contributed by atoms with Crippen LogP contribution in [0.4, 0.5) is 0 Å². The maximum atomic E-state index is 4.17. The number of rotatable bonds is 5. The molecule has 1 atom stereocenters. The van der Waals surface area contributed by atoms with Gasteiger partial charge in [-0.3, -0.25) is 4.68 Å². The second-order valence-electron chi connectivity index (χ2n) is 3.66. The first-order valence-electron chi connectivity index (χ1n) is 5.27. The molecule has 0 fully saturated rings. The van der Waals surface area contributed by atoms with Crippen LogP contribution in [0.2, 0.25) is 0 Å². The summed E-state index contributed by atoms with van der Waals surface area (Å²) in [5.74, 6) is 0. The summed E-state index contributed by atoms with van der Waals surface area (Å²) >= 11 is 1.45. The topological polar surface area (TPSA) is 55.6 Å². The van der Waals surface area contributed by atoms with Gasteiger partial charge >= 0.3 is 0 Å². The number of nitrogens with one attached hydrogen (secondary N) is 1. The maximum Gasteiger partial charge on any atom is 0.0669 e. The highest BCUT2D eigenvalue weighted by Gasteiger charge is 2.14. The summed E-state index contributed by atoms with van der Waals surface area (Å²) in [5.41, 5.74) is 1.22. The van der Waals surface area contributed by atoms with Crippen molar-refractivity contribution in [3.05, 3.63) is 29.0 Å². The van der Waals surface area contributed by atoms with Gasteiger partial charge in [0.1, 0.15) is 0 Å². The van der Waals surface area contributed by atoms with Crippen molar-refractivity contribution in [1.82, 2.24) is 24.7 Å². The molecule has 2 aromatic heterocycles. The van der Waals surface area contributed by atoms with Crippen molar-refractivity contribution in [3.63, 3.8) is 0 Å². The van der Waals surface area contributed by atoms with E-state index in [1.807, 2.05) is 30.3 Å². The second kappa shape index (κ2) is 5.18. The smallest absolute Gasteiger partial charge is 0.0669 e. The van der Waals surface area contributed by atoms with Crippen molar-refractivity contribution in [3.8, 4) is 0 Å². The Bertz CT molecular complexity index is 422. The lowest BCUT2D eigenvalue weighted by Crippen LogP contribution is -2.21. The molecule has 0 saturated heterocycles. The molecule has 0 saturated carbocycles. The average molecular weight is 237 g/mol. The van der Waals surface area contributed by atoms with Crippen LogP contribution in [-0.2, 0) is 13.5 Å². The van der Waals surface area contributed by atoms with Gasteiger partial charge in [-0.05, 0) is 30.1 Å². The van der Waals surface area contributed by atoms with Crippen LogP contribution in [0.25, 0.3) is 0 Å². The van der Waals surface area contributed by atoms with E-state index < -0.39 is 0 Å². The molecular weight excluding hydrogens is 222 g/mol. The predicted molar refractivity (Wildman–Crippen MR) is 63.2 cm³/mol. The van der Waals surface area contributed by atoms with Crippen molar-refractivity contribution < 1.29 is 0 Å². The van der Waals surface area contributed by atoms with Crippen LogP contribution in [0.3, 0.4) is 0 Å². The van der Waals surface area contributed by atoms with E-state index in [1.54, 1.807) is 0 Å². The van der Waals surface area contributed by atoms with E-state index in [1.165, 1.54) is 22.0 Å². The van der Waals surface area contributed by atoms with Gasteiger partial charge in [0.2, 0.25) is 0 Å². The highest BCUT2D eigenvalue weighted by molar-refractivity contribution is 7.05. The van der Waals surface area contributed by atoms with Gasteiger partial charge < -0.3 is 5.32 Å². The summed E-state index contributed by atoms with van der Waals surface area (Å²) < 4.78 is 5.73. The Labute approximate surface area is 98.7 Å². The van der Waals surface area contributed by atoms with E-state index in [9.17, 15) is 0 Å². The molecule has 2 aromatic rings. The second-order valence-corrected chi connectivity index (χ2v) is 4.47. The van der Waals surface area contributed by atoms with E-state index in [4.69, 9.17) is 0 Å². The molecule has 0 aliphatic rings. The minimum atomic E-state index is 0.286. The third-order valence-corrected chi connectivity index (χ3v) is 3.15. The molecule has 16 heavy (non-hydrogen) atoms. The maximum absolute atomic E-state index is 4.17. The van der Waals surface area contributed by atoms with Crippen molar-refractivity contribution in [2.75, 3.05) is 6.54 Å². The summed E-state index contributed by atoms with van der Waals surface area (Å²) in [7, 11) is 1.93. The number of hydrogen-bond acceptors (Lipinski definition) is 5. The van der Waals surface area contributed by atoms with Crippen LogP contribution in [0.1, 0.15) is 23.4 Å². The van der Waals surface area contributed by atoms with E-state index in [2.05, 4.69) is 26.9 Å². The zero-order valence-electron chi connectivity index (χ0n) is 9.42. The minimum absolute atomic E-state index is 0.286. The summed E-state index contributed by atoms with van der Waals surface area (Å²) in [6, 6.07) is 0.286. The number of nitrogens with zero attached hydrogens (tertiary/aromatic N) is 4. The summed E-state index contributed by atoms with van der Waals surface area (Å²) in [5, 5.41) is 11.5. The van der Waals surface area contributed by atoms with Crippen molar-refractivity contribution >= 4 is 11.5 Å². The zero-order valence-corrected chi connectivity index (χ0v) is 10.2. The Balaban J connectivity index is 2.09. The molecule has 86 valence electrons. The molecule has 0 bridgehead atoms. The molecule has 2 rings (SSSR count). The van der Waals surface area contributed by atoms with Gasteiger partial charge in [0.15, 0.2) is 0 Å². The fraction of sp³-hybridized carbons (Fsp3) is 0.500. The Morgan fingerprint density at radius 2 is 2.38 bits per heavy atom. The van der Waals surface area contributed by atoms with Crippen LogP contribution in [0.5, 0.6) is 0 Å². The molecule has 0 aromatic carbocycles. The van der Waals surface area contributed by atoms with Gasteiger partial charge in [0.25, 0.3) is 0 Å². The van der Waals surface area contributed by atoms with Crippen LogP contribution in [0, 0.1) is 0 Å². The molecule has 1 N–H and O–H groups in total. The Morgan fingerprint density at radius 3 is 2.94 bits per heavy atom. The Hall–Kier alpha value is -1.27. The van der Waals surface area contributed by atoms with Gasteiger partial charge in [0.05, 0.1) is 17.3 Å². The molecule has 0 aliphatic heterocycles. The minimum Gasteiger partial charge on any atom is -0.309 e. The van der Waals surface area contributed by atoms with Crippen LogP contribution in [-0.4, -0.2) is 25.9 Å². The van der Waals surface area contributed by atoms with Crippen LogP contribution >= 0.6 is 11.5 Å². The van der Waals surface area contributed by atoms with Crippen LogP contribution in [0.15, 0.2) is 18.6 Å². The van der Waals surface area contributed by atoms with E-state index in [-0.39, 0.29) is 6.04 Å². The van der Waals surface area contributed by atoms with Gasteiger partial charge in [-0.2, -0.15) is 5.10 Å². The molecule has 2 heterocycles.